The number of nitrogens with one attached hydrogen (secondary N) is 1. The van der Waals surface area contributed by atoms with E-state index < -0.39 is 0 Å². The van der Waals surface area contributed by atoms with Gasteiger partial charge in [0.25, 0.3) is 0 Å². The SMILES string of the molecule is CC1CN(C(C)C(=O)NC2CCCC2)CC(CO)O1. The Bertz CT molecular complexity index is 305. The molecule has 110 valence electrons. The summed E-state index contributed by atoms with van der Waals surface area (Å²) in [5.74, 6) is 0.109. The molecule has 2 N–H and O–H groups in total. The van der Waals surface area contributed by atoms with E-state index in [9.17, 15) is 9.90 Å². The molecule has 1 aliphatic carbocycles. The van der Waals surface area contributed by atoms with Gasteiger partial charge in [-0.1, -0.05) is 12.8 Å². The predicted molar refractivity (Wildman–Crippen MR) is 72.9 cm³/mol. The van der Waals surface area contributed by atoms with Gasteiger partial charge in [-0.2, -0.15) is 0 Å². The fourth-order valence-corrected chi connectivity index (χ4v) is 3.06. The molecule has 1 heterocycles. The topological polar surface area (TPSA) is 61.8 Å². The van der Waals surface area contributed by atoms with E-state index in [1.54, 1.807) is 0 Å². The van der Waals surface area contributed by atoms with Gasteiger partial charge in [0.05, 0.1) is 24.9 Å². The van der Waals surface area contributed by atoms with Gasteiger partial charge in [0.1, 0.15) is 0 Å². The number of aliphatic hydroxyl groups excluding tert-OH is 1. The number of carbonyl (C=O) groups is 1. The Morgan fingerprint density at radius 3 is 2.74 bits per heavy atom. The first-order valence-electron chi connectivity index (χ1n) is 7.41. The zero-order valence-corrected chi connectivity index (χ0v) is 12.0. The molecule has 5 heteroatoms. The van der Waals surface area contributed by atoms with Crippen molar-refractivity contribution in [3.63, 3.8) is 0 Å². The molecule has 3 unspecified atom stereocenters. The van der Waals surface area contributed by atoms with Gasteiger partial charge in [0.2, 0.25) is 5.91 Å². The van der Waals surface area contributed by atoms with Crippen LogP contribution in [0.1, 0.15) is 39.5 Å². The van der Waals surface area contributed by atoms with Crippen molar-refractivity contribution in [2.45, 2.75) is 63.8 Å². The normalized spacial score (nSPS) is 31.3. The number of amides is 1. The van der Waals surface area contributed by atoms with Crippen molar-refractivity contribution in [3.8, 4) is 0 Å². The van der Waals surface area contributed by atoms with Gasteiger partial charge in [-0.3, -0.25) is 9.69 Å². The molecule has 0 aromatic heterocycles. The molecule has 3 atom stereocenters. The number of rotatable bonds is 4. The predicted octanol–water partition coefficient (Wildman–Crippen LogP) is 0.515. The lowest BCUT2D eigenvalue weighted by molar-refractivity contribution is -0.136. The second kappa shape index (κ2) is 6.68. The molecule has 1 aliphatic heterocycles. The standard InChI is InChI=1S/C14H26N2O3/c1-10-7-16(8-13(9-17)19-10)11(2)14(18)15-12-5-3-4-6-12/h10-13,17H,3-9H2,1-2H3,(H,15,18). The summed E-state index contributed by atoms with van der Waals surface area (Å²) in [6, 6.07) is 0.211. The van der Waals surface area contributed by atoms with Crippen LogP contribution in [-0.2, 0) is 9.53 Å². The summed E-state index contributed by atoms with van der Waals surface area (Å²) in [7, 11) is 0. The summed E-state index contributed by atoms with van der Waals surface area (Å²) in [6.07, 6.45) is 4.55. The maximum absolute atomic E-state index is 12.2. The summed E-state index contributed by atoms with van der Waals surface area (Å²) in [6.45, 7) is 5.31. The number of hydrogen-bond donors (Lipinski definition) is 2. The molecule has 1 saturated heterocycles. The highest BCUT2D eigenvalue weighted by Gasteiger charge is 2.31. The molecule has 0 radical (unpaired) electrons. The van der Waals surface area contributed by atoms with E-state index >= 15 is 0 Å². The van der Waals surface area contributed by atoms with Crippen molar-refractivity contribution in [2.75, 3.05) is 19.7 Å². The van der Waals surface area contributed by atoms with Crippen molar-refractivity contribution in [2.24, 2.45) is 0 Å². The molecule has 5 nitrogen and oxygen atoms in total. The maximum atomic E-state index is 12.2. The van der Waals surface area contributed by atoms with Gasteiger partial charge in [0.15, 0.2) is 0 Å². The third kappa shape index (κ3) is 3.91. The maximum Gasteiger partial charge on any atom is 0.237 e. The molecule has 2 rings (SSSR count). The first-order chi connectivity index (χ1) is 9.10. The zero-order chi connectivity index (χ0) is 13.8. The van der Waals surface area contributed by atoms with Crippen LogP contribution in [0.25, 0.3) is 0 Å². The van der Waals surface area contributed by atoms with Gasteiger partial charge in [-0.25, -0.2) is 0 Å². The van der Waals surface area contributed by atoms with Crippen LogP contribution in [-0.4, -0.2) is 59.9 Å². The van der Waals surface area contributed by atoms with Crippen LogP contribution in [0.15, 0.2) is 0 Å². The average molecular weight is 270 g/mol. The van der Waals surface area contributed by atoms with Crippen LogP contribution in [0, 0.1) is 0 Å². The van der Waals surface area contributed by atoms with E-state index in [0.29, 0.717) is 12.6 Å². The number of morpholine rings is 1. The highest BCUT2D eigenvalue weighted by Crippen LogP contribution is 2.19. The van der Waals surface area contributed by atoms with Crippen LogP contribution in [0.3, 0.4) is 0 Å². The quantitative estimate of drug-likeness (QED) is 0.781. The van der Waals surface area contributed by atoms with Gasteiger partial charge >= 0.3 is 0 Å². The monoisotopic (exact) mass is 270 g/mol. The Morgan fingerprint density at radius 2 is 2.11 bits per heavy atom. The number of aliphatic hydroxyl groups is 1. The minimum atomic E-state index is -0.175. The molecular weight excluding hydrogens is 244 g/mol. The fourth-order valence-electron chi connectivity index (χ4n) is 3.06. The minimum Gasteiger partial charge on any atom is -0.394 e. The molecule has 0 spiro atoms. The first kappa shape index (κ1) is 14.8. The molecule has 19 heavy (non-hydrogen) atoms. The molecule has 1 saturated carbocycles. The fraction of sp³-hybridized carbons (Fsp3) is 0.929. The van der Waals surface area contributed by atoms with E-state index in [-0.39, 0.29) is 30.8 Å². The lowest BCUT2D eigenvalue weighted by atomic mass is 10.1. The van der Waals surface area contributed by atoms with E-state index in [0.717, 1.165) is 19.4 Å². The Hall–Kier alpha value is -0.650. The molecular formula is C14H26N2O3. The summed E-state index contributed by atoms with van der Waals surface area (Å²) >= 11 is 0. The zero-order valence-electron chi connectivity index (χ0n) is 12.0. The number of hydrogen-bond acceptors (Lipinski definition) is 4. The number of carbonyl (C=O) groups excluding carboxylic acids is 1. The molecule has 2 fully saturated rings. The Balaban J connectivity index is 1.86. The second-order valence-corrected chi connectivity index (χ2v) is 5.87. The van der Waals surface area contributed by atoms with Gasteiger partial charge in [-0.05, 0) is 26.7 Å². The van der Waals surface area contributed by atoms with E-state index in [2.05, 4.69) is 10.2 Å². The molecule has 0 aromatic carbocycles. The molecule has 1 amide bonds. The van der Waals surface area contributed by atoms with Crippen LogP contribution in [0.5, 0.6) is 0 Å². The van der Waals surface area contributed by atoms with Crippen LogP contribution in [0.4, 0.5) is 0 Å². The van der Waals surface area contributed by atoms with Gasteiger partial charge in [0, 0.05) is 19.1 Å². The highest BCUT2D eigenvalue weighted by molar-refractivity contribution is 5.81. The average Bonchev–Trinajstić information content (AvgIpc) is 2.89. The lowest BCUT2D eigenvalue weighted by Gasteiger charge is -2.39. The number of nitrogens with zero attached hydrogens (tertiary/aromatic N) is 1. The van der Waals surface area contributed by atoms with E-state index in [1.807, 2.05) is 13.8 Å². The summed E-state index contributed by atoms with van der Waals surface area (Å²) in [4.78, 5) is 14.4. The second-order valence-electron chi connectivity index (χ2n) is 5.87. The van der Waals surface area contributed by atoms with Crippen molar-refractivity contribution in [1.82, 2.24) is 10.2 Å². The summed E-state index contributed by atoms with van der Waals surface area (Å²) in [5, 5.41) is 12.4. The smallest absolute Gasteiger partial charge is 0.237 e. The minimum absolute atomic E-state index is 0.0117. The summed E-state index contributed by atoms with van der Waals surface area (Å²) < 4.78 is 5.61. The Labute approximate surface area is 115 Å². The van der Waals surface area contributed by atoms with Crippen molar-refractivity contribution < 1.29 is 14.6 Å². The van der Waals surface area contributed by atoms with Gasteiger partial charge < -0.3 is 15.2 Å². The largest absolute Gasteiger partial charge is 0.394 e. The third-order valence-corrected chi connectivity index (χ3v) is 4.19. The van der Waals surface area contributed by atoms with E-state index in [1.165, 1.54) is 12.8 Å². The third-order valence-electron chi connectivity index (χ3n) is 4.19. The number of ether oxygens (including phenoxy) is 1. The van der Waals surface area contributed by atoms with Crippen molar-refractivity contribution in [3.05, 3.63) is 0 Å². The van der Waals surface area contributed by atoms with Crippen molar-refractivity contribution >= 4 is 5.91 Å². The van der Waals surface area contributed by atoms with Crippen LogP contribution >= 0.6 is 0 Å². The lowest BCUT2D eigenvalue weighted by Crippen LogP contribution is -2.56. The molecule has 0 bridgehead atoms. The molecule has 2 aliphatic rings. The Kier molecular flexibility index (Phi) is 5.19. The first-order valence-corrected chi connectivity index (χ1v) is 7.41. The molecule has 0 aromatic rings. The Morgan fingerprint density at radius 1 is 1.42 bits per heavy atom. The highest BCUT2D eigenvalue weighted by atomic mass is 16.5. The summed E-state index contributed by atoms with van der Waals surface area (Å²) in [5.41, 5.74) is 0. The van der Waals surface area contributed by atoms with Crippen molar-refractivity contribution in [1.29, 1.82) is 0 Å². The van der Waals surface area contributed by atoms with E-state index in [4.69, 9.17) is 4.74 Å². The van der Waals surface area contributed by atoms with Crippen LogP contribution in [0.2, 0.25) is 0 Å². The van der Waals surface area contributed by atoms with Gasteiger partial charge in [-0.15, -0.1) is 0 Å². The van der Waals surface area contributed by atoms with Crippen LogP contribution < -0.4 is 5.32 Å².